The first kappa shape index (κ1) is 18.5. The van der Waals surface area contributed by atoms with Gasteiger partial charge in [0.15, 0.2) is 0 Å². The summed E-state index contributed by atoms with van der Waals surface area (Å²) in [5.41, 5.74) is 5.37. The van der Waals surface area contributed by atoms with Crippen LogP contribution in [0.3, 0.4) is 0 Å². The largest absolute Gasteiger partial charge is 0.326 e. The van der Waals surface area contributed by atoms with Crippen LogP contribution in [0.2, 0.25) is 0 Å². The Morgan fingerprint density at radius 1 is 1.38 bits per heavy atom. The molecule has 2 N–H and O–H groups in total. The zero-order valence-corrected chi connectivity index (χ0v) is 15.3. The van der Waals surface area contributed by atoms with Gasteiger partial charge in [-0.2, -0.15) is 4.31 Å². The molecule has 0 radical (unpaired) electrons. The van der Waals surface area contributed by atoms with Crippen LogP contribution in [0.25, 0.3) is 0 Å². The fraction of sp³-hybridized carbons (Fsp3) is 0.571. The molecule has 1 aromatic carbocycles. The molecule has 0 amide bonds. The van der Waals surface area contributed by atoms with Gasteiger partial charge in [-0.3, -0.25) is 0 Å². The van der Waals surface area contributed by atoms with Crippen molar-refractivity contribution in [1.82, 2.24) is 4.31 Å². The van der Waals surface area contributed by atoms with Crippen molar-refractivity contribution in [3.63, 3.8) is 0 Å². The highest BCUT2D eigenvalue weighted by Crippen LogP contribution is 2.31. The second-order valence-electron chi connectivity index (χ2n) is 6.14. The molecule has 0 aliphatic heterocycles. The lowest BCUT2D eigenvalue weighted by Crippen LogP contribution is -2.43. The number of hydrogen-bond acceptors (Lipinski definition) is 3. The summed E-state index contributed by atoms with van der Waals surface area (Å²) in [7, 11) is -2.47. The maximum Gasteiger partial charge on any atom is 0.246 e. The van der Waals surface area contributed by atoms with E-state index in [1.54, 1.807) is 6.92 Å². The van der Waals surface area contributed by atoms with E-state index in [9.17, 15) is 12.8 Å². The summed E-state index contributed by atoms with van der Waals surface area (Å²) in [6.07, 6.45) is 0. The molecule has 21 heavy (non-hydrogen) atoms. The van der Waals surface area contributed by atoms with Gasteiger partial charge in [0.2, 0.25) is 10.0 Å². The van der Waals surface area contributed by atoms with Crippen molar-refractivity contribution in [2.24, 2.45) is 11.1 Å². The van der Waals surface area contributed by atoms with Crippen LogP contribution in [0.1, 0.15) is 33.3 Å². The van der Waals surface area contributed by atoms with Gasteiger partial charge in [0.25, 0.3) is 0 Å². The minimum atomic E-state index is -3.93. The lowest BCUT2D eigenvalue weighted by Gasteiger charge is -2.34. The Kier molecular flexibility index (Phi) is 5.58. The van der Waals surface area contributed by atoms with Crippen LogP contribution >= 0.6 is 15.9 Å². The van der Waals surface area contributed by atoms with Crippen molar-refractivity contribution in [3.05, 3.63) is 28.0 Å². The first-order chi connectivity index (χ1) is 9.42. The van der Waals surface area contributed by atoms with Crippen molar-refractivity contribution in [2.45, 2.75) is 45.2 Å². The highest BCUT2D eigenvalue weighted by atomic mass is 79.9. The monoisotopic (exact) mass is 380 g/mol. The second-order valence-corrected chi connectivity index (χ2v) is 9.03. The van der Waals surface area contributed by atoms with E-state index in [2.05, 4.69) is 15.9 Å². The molecular weight excluding hydrogens is 359 g/mol. The van der Waals surface area contributed by atoms with Crippen LogP contribution in [-0.2, 0) is 16.6 Å². The van der Waals surface area contributed by atoms with E-state index in [1.165, 1.54) is 23.5 Å². The van der Waals surface area contributed by atoms with E-state index in [1.807, 2.05) is 20.8 Å². The summed E-state index contributed by atoms with van der Waals surface area (Å²) in [6.45, 7) is 7.55. The quantitative estimate of drug-likeness (QED) is 0.872. The number of sulfonamides is 1. The predicted molar refractivity (Wildman–Crippen MR) is 85.9 cm³/mol. The van der Waals surface area contributed by atoms with Crippen molar-refractivity contribution >= 4 is 26.0 Å². The number of benzene rings is 1. The highest BCUT2D eigenvalue weighted by Gasteiger charge is 2.34. The standard InChI is InChI=1S/C14H22BrFN2O2S/c1-9(14(2,3)4)18(5)21(19,20)12-7-11(15)6-10(8-17)13(12)16/h6-7,9H,8,17H2,1-5H3. The molecule has 1 aromatic rings. The molecule has 0 bridgehead atoms. The molecule has 0 saturated heterocycles. The fourth-order valence-electron chi connectivity index (χ4n) is 1.86. The molecule has 1 unspecified atom stereocenters. The Labute approximate surface area is 134 Å². The SMILES string of the molecule is CC(N(C)S(=O)(=O)c1cc(Br)cc(CN)c1F)C(C)(C)C. The Morgan fingerprint density at radius 2 is 1.90 bits per heavy atom. The number of rotatable bonds is 4. The minimum absolute atomic E-state index is 0.0632. The van der Waals surface area contributed by atoms with Gasteiger partial charge in [-0.25, -0.2) is 12.8 Å². The minimum Gasteiger partial charge on any atom is -0.326 e. The van der Waals surface area contributed by atoms with Gasteiger partial charge in [0, 0.05) is 29.7 Å². The Bertz CT molecular complexity index is 627. The summed E-state index contributed by atoms with van der Waals surface area (Å²) in [5, 5.41) is 0. The Hall–Kier alpha value is -0.500. The fourth-order valence-corrected chi connectivity index (χ4v) is 4.20. The number of halogens is 2. The van der Waals surface area contributed by atoms with E-state index < -0.39 is 15.8 Å². The van der Waals surface area contributed by atoms with Crippen molar-refractivity contribution in [3.8, 4) is 0 Å². The van der Waals surface area contributed by atoms with Gasteiger partial charge in [0.05, 0.1) is 0 Å². The average molecular weight is 381 g/mol. The third-order valence-electron chi connectivity index (χ3n) is 3.76. The molecule has 1 atom stereocenters. The summed E-state index contributed by atoms with van der Waals surface area (Å²) < 4.78 is 41.4. The maximum atomic E-state index is 14.4. The van der Waals surface area contributed by atoms with Crippen molar-refractivity contribution < 1.29 is 12.8 Å². The smallest absolute Gasteiger partial charge is 0.246 e. The molecule has 1 rings (SSSR count). The van der Waals surface area contributed by atoms with Gasteiger partial charge in [-0.05, 0) is 24.5 Å². The summed E-state index contributed by atoms with van der Waals surface area (Å²) in [6, 6.07) is 2.47. The number of nitrogens with zero attached hydrogens (tertiary/aromatic N) is 1. The average Bonchev–Trinajstić information content (AvgIpc) is 2.37. The van der Waals surface area contributed by atoms with Crippen LogP contribution < -0.4 is 5.73 Å². The normalized spacial score (nSPS) is 14.5. The zero-order chi connectivity index (χ0) is 16.6. The van der Waals surface area contributed by atoms with Crippen molar-refractivity contribution in [2.75, 3.05) is 7.05 Å². The van der Waals surface area contributed by atoms with Gasteiger partial charge >= 0.3 is 0 Å². The van der Waals surface area contributed by atoms with Crippen LogP contribution in [0.5, 0.6) is 0 Å². The van der Waals surface area contributed by atoms with E-state index in [4.69, 9.17) is 5.73 Å². The molecule has 0 saturated carbocycles. The van der Waals surface area contributed by atoms with Crippen LogP contribution in [0, 0.1) is 11.2 Å². The van der Waals surface area contributed by atoms with Crippen LogP contribution in [-0.4, -0.2) is 25.8 Å². The van der Waals surface area contributed by atoms with E-state index >= 15 is 0 Å². The van der Waals surface area contributed by atoms with Crippen molar-refractivity contribution in [1.29, 1.82) is 0 Å². The Balaban J connectivity index is 3.42. The van der Waals surface area contributed by atoms with E-state index in [0.29, 0.717) is 4.47 Å². The highest BCUT2D eigenvalue weighted by molar-refractivity contribution is 9.10. The number of hydrogen-bond donors (Lipinski definition) is 1. The number of nitrogens with two attached hydrogens (primary N) is 1. The van der Waals surface area contributed by atoms with Crippen LogP contribution in [0.4, 0.5) is 4.39 Å². The lowest BCUT2D eigenvalue weighted by atomic mass is 9.88. The molecule has 7 heteroatoms. The predicted octanol–water partition coefficient (Wildman–Crippen LogP) is 3.10. The molecule has 0 spiro atoms. The molecule has 0 aromatic heterocycles. The third kappa shape index (κ3) is 3.83. The molecule has 0 heterocycles. The van der Waals surface area contributed by atoms with E-state index in [-0.39, 0.29) is 28.5 Å². The summed E-state index contributed by atoms with van der Waals surface area (Å²) in [5.74, 6) is -0.784. The maximum absolute atomic E-state index is 14.4. The Morgan fingerprint density at radius 3 is 2.33 bits per heavy atom. The summed E-state index contributed by atoms with van der Waals surface area (Å²) >= 11 is 3.20. The molecule has 4 nitrogen and oxygen atoms in total. The topological polar surface area (TPSA) is 63.4 Å². The second kappa shape index (κ2) is 6.32. The summed E-state index contributed by atoms with van der Waals surface area (Å²) in [4.78, 5) is -0.351. The molecule has 120 valence electrons. The van der Waals surface area contributed by atoms with Gasteiger partial charge < -0.3 is 5.73 Å². The third-order valence-corrected chi connectivity index (χ3v) is 6.14. The molecule has 0 fully saturated rings. The first-order valence-electron chi connectivity index (χ1n) is 6.59. The zero-order valence-electron chi connectivity index (χ0n) is 12.9. The molecular formula is C14H22BrFN2O2S. The lowest BCUT2D eigenvalue weighted by molar-refractivity contribution is 0.216. The molecule has 0 aliphatic carbocycles. The van der Waals surface area contributed by atoms with Crippen LogP contribution in [0.15, 0.2) is 21.5 Å². The first-order valence-corrected chi connectivity index (χ1v) is 8.82. The van der Waals surface area contributed by atoms with Gasteiger partial charge in [-0.1, -0.05) is 36.7 Å². The van der Waals surface area contributed by atoms with E-state index in [0.717, 1.165) is 0 Å². The van der Waals surface area contributed by atoms with Gasteiger partial charge in [-0.15, -0.1) is 0 Å². The molecule has 0 aliphatic rings. The van der Waals surface area contributed by atoms with Gasteiger partial charge in [0.1, 0.15) is 10.7 Å².